The van der Waals surface area contributed by atoms with Crippen LogP contribution >= 0.6 is 11.6 Å². The van der Waals surface area contributed by atoms with Gasteiger partial charge in [0.25, 0.3) is 0 Å². The van der Waals surface area contributed by atoms with E-state index in [9.17, 15) is 0 Å². The van der Waals surface area contributed by atoms with E-state index in [4.69, 9.17) is 16.3 Å². The number of rotatable bonds is 4. The summed E-state index contributed by atoms with van der Waals surface area (Å²) in [5.74, 6) is 0.656. The van der Waals surface area contributed by atoms with E-state index in [-0.39, 0.29) is 6.04 Å². The second-order valence-corrected chi connectivity index (χ2v) is 4.16. The average molecular weight is 264 g/mol. The molecule has 1 heterocycles. The first-order chi connectivity index (χ1) is 8.76. The van der Waals surface area contributed by atoms with Gasteiger partial charge in [-0.05, 0) is 30.8 Å². The lowest BCUT2D eigenvalue weighted by Gasteiger charge is -2.17. The van der Waals surface area contributed by atoms with Crippen LogP contribution in [-0.4, -0.2) is 24.1 Å². The molecule has 18 heavy (non-hydrogen) atoms. The van der Waals surface area contributed by atoms with Gasteiger partial charge in [-0.15, -0.1) is 0 Å². The zero-order valence-corrected chi connectivity index (χ0v) is 11.0. The molecule has 1 atom stereocenters. The Morgan fingerprint density at radius 2 is 2.17 bits per heavy atom. The van der Waals surface area contributed by atoms with Gasteiger partial charge in [0, 0.05) is 6.20 Å². The summed E-state index contributed by atoms with van der Waals surface area (Å²) in [4.78, 5) is 8.18. The van der Waals surface area contributed by atoms with Gasteiger partial charge in [-0.2, -0.15) is 0 Å². The van der Waals surface area contributed by atoms with Crippen molar-refractivity contribution in [3.8, 4) is 5.75 Å². The molecule has 5 heteroatoms. The van der Waals surface area contributed by atoms with Gasteiger partial charge >= 0.3 is 0 Å². The molecule has 1 unspecified atom stereocenters. The summed E-state index contributed by atoms with van der Waals surface area (Å²) in [6.07, 6.45) is 3.26. The van der Waals surface area contributed by atoms with Gasteiger partial charge in [0.15, 0.2) is 0 Å². The summed E-state index contributed by atoms with van der Waals surface area (Å²) >= 11 is 6.02. The highest BCUT2D eigenvalue weighted by molar-refractivity contribution is 6.32. The summed E-state index contributed by atoms with van der Waals surface area (Å²) in [6, 6.07) is 7.54. The summed E-state index contributed by atoms with van der Waals surface area (Å²) in [7, 11) is 3.48. The Balaban J connectivity index is 2.39. The van der Waals surface area contributed by atoms with Crippen molar-refractivity contribution in [2.45, 2.75) is 6.04 Å². The molecule has 4 nitrogen and oxygen atoms in total. The predicted octanol–water partition coefficient (Wildman–Crippen LogP) is 2.45. The van der Waals surface area contributed by atoms with Crippen molar-refractivity contribution >= 4 is 11.6 Å². The lowest BCUT2D eigenvalue weighted by molar-refractivity contribution is 0.414. The van der Waals surface area contributed by atoms with Crippen molar-refractivity contribution < 1.29 is 4.74 Å². The topological polar surface area (TPSA) is 47.0 Å². The second kappa shape index (κ2) is 5.80. The Kier molecular flexibility index (Phi) is 4.12. The highest BCUT2D eigenvalue weighted by atomic mass is 35.5. The molecule has 0 aliphatic rings. The highest BCUT2D eigenvalue weighted by Gasteiger charge is 2.14. The largest absolute Gasteiger partial charge is 0.495 e. The molecule has 1 aromatic carbocycles. The molecule has 2 rings (SSSR count). The summed E-state index contributed by atoms with van der Waals surface area (Å²) in [5.41, 5.74) is 1.94. The van der Waals surface area contributed by atoms with Crippen LogP contribution < -0.4 is 10.1 Å². The van der Waals surface area contributed by atoms with Crippen molar-refractivity contribution in [3.63, 3.8) is 0 Å². The van der Waals surface area contributed by atoms with E-state index in [0.717, 1.165) is 11.3 Å². The third-order valence-electron chi connectivity index (χ3n) is 2.70. The maximum absolute atomic E-state index is 6.02. The van der Waals surface area contributed by atoms with Crippen molar-refractivity contribution in [1.29, 1.82) is 0 Å². The van der Waals surface area contributed by atoms with Crippen molar-refractivity contribution in [3.05, 3.63) is 53.1 Å². The minimum atomic E-state index is -0.0147. The molecule has 94 valence electrons. The van der Waals surface area contributed by atoms with Gasteiger partial charge in [0.1, 0.15) is 12.1 Å². The van der Waals surface area contributed by atoms with E-state index in [0.29, 0.717) is 10.8 Å². The molecular formula is C13H14ClN3O. The zero-order chi connectivity index (χ0) is 13.0. The van der Waals surface area contributed by atoms with Crippen LogP contribution in [0.3, 0.4) is 0 Å². The lowest BCUT2D eigenvalue weighted by atomic mass is 10.0. The molecule has 2 aromatic rings. The quantitative estimate of drug-likeness (QED) is 0.920. The zero-order valence-electron chi connectivity index (χ0n) is 10.2. The second-order valence-electron chi connectivity index (χ2n) is 3.75. The molecule has 0 radical (unpaired) electrons. The maximum Gasteiger partial charge on any atom is 0.137 e. The van der Waals surface area contributed by atoms with Gasteiger partial charge in [0.2, 0.25) is 0 Å². The van der Waals surface area contributed by atoms with Crippen LogP contribution in [0.2, 0.25) is 5.02 Å². The van der Waals surface area contributed by atoms with Crippen LogP contribution in [0, 0.1) is 0 Å². The number of halogens is 1. The van der Waals surface area contributed by atoms with E-state index in [1.54, 1.807) is 13.3 Å². The minimum absolute atomic E-state index is 0.0147. The molecule has 0 aliphatic carbocycles. The molecule has 1 aromatic heterocycles. The molecule has 0 saturated heterocycles. The number of benzene rings is 1. The van der Waals surface area contributed by atoms with E-state index in [1.165, 1.54) is 6.33 Å². The van der Waals surface area contributed by atoms with Crippen molar-refractivity contribution in [2.75, 3.05) is 14.2 Å². The lowest BCUT2D eigenvalue weighted by Crippen LogP contribution is -2.18. The summed E-state index contributed by atoms with van der Waals surface area (Å²) in [5, 5.41) is 3.81. The fraction of sp³-hybridized carbons (Fsp3) is 0.231. The van der Waals surface area contributed by atoms with E-state index in [1.807, 2.05) is 31.3 Å². The molecule has 0 amide bonds. The number of aromatic nitrogens is 2. The number of hydrogen-bond donors (Lipinski definition) is 1. The van der Waals surface area contributed by atoms with Crippen LogP contribution in [0.25, 0.3) is 0 Å². The molecule has 0 spiro atoms. The molecule has 0 aliphatic heterocycles. The summed E-state index contributed by atoms with van der Waals surface area (Å²) < 4.78 is 5.22. The fourth-order valence-corrected chi connectivity index (χ4v) is 2.01. The molecule has 0 fully saturated rings. The Labute approximate surface area is 111 Å². The standard InChI is InChI=1S/C13H14ClN3O/c1-15-13(11-5-6-16-8-17-11)9-3-4-10(14)12(7-9)18-2/h3-8,13,15H,1-2H3. The Hall–Kier alpha value is -1.65. The first-order valence-electron chi connectivity index (χ1n) is 5.53. The number of nitrogens with one attached hydrogen (secondary N) is 1. The number of methoxy groups -OCH3 is 1. The van der Waals surface area contributed by atoms with E-state index < -0.39 is 0 Å². The Morgan fingerprint density at radius 3 is 2.78 bits per heavy atom. The van der Waals surface area contributed by atoms with Gasteiger partial charge < -0.3 is 10.1 Å². The van der Waals surface area contributed by atoms with Gasteiger partial charge in [-0.1, -0.05) is 17.7 Å². The van der Waals surface area contributed by atoms with E-state index in [2.05, 4.69) is 15.3 Å². The molecule has 0 bridgehead atoms. The van der Waals surface area contributed by atoms with Gasteiger partial charge in [0.05, 0.1) is 23.9 Å². The highest BCUT2D eigenvalue weighted by Crippen LogP contribution is 2.29. The third-order valence-corrected chi connectivity index (χ3v) is 3.01. The van der Waals surface area contributed by atoms with Crippen molar-refractivity contribution in [2.24, 2.45) is 0 Å². The van der Waals surface area contributed by atoms with Gasteiger partial charge in [-0.25, -0.2) is 9.97 Å². The summed E-state index contributed by atoms with van der Waals surface area (Å²) in [6.45, 7) is 0. The first kappa shape index (κ1) is 12.8. The number of ether oxygens (including phenoxy) is 1. The average Bonchev–Trinajstić information content (AvgIpc) is 2.42. The number of hydrogen-bond acceptors (Lipinski definition) is 4. The van der Waals surface area contributed by atoms with Crippen LogP contribution in [0.15, 0.2) is 36.8 Å². The SMILES string of the molecule is CNC(c1ccc(Cl)c(OC)c1)c1ccncn1. The number of nitrogens with zero attached hydrogens (tertiary/aromatic N) is 2. The monoisotopic (exact) mass is 263 g/mol. The van der Waals surface area contributed by atoms with Crippen LogP contribution in [0.5, 0.6) is 5.75 Å². The van der Waals surface area contributed by atoms with Crippen molar-refractivity contribution in [1.82, 2.24) is 15.3 Å². The van der Waals surface area contributed by atoms with Crippen LogP contribution in [-0.2, 0) is 0 Å². The Morgan fingerprint density at radius 1 is 1.33 bits per heavy atom. The smallest absolute Gasteiger partial charge is 0.137 e. The van der Waals surface area contributed by atoms with E-state index >= 15 is 0 Å². The fourth-order valence-electron chi connectivity index (χ4n) is 1.81. The molecule has 0 saturated carbocycles. The maximum atomic E-state index is 6.02. The molecular weight excluding hydrogens is 250 g/mol. The van der Waals surface area contributed by atoms with Crippen LogP contribution in [0.1, 0.15) is 17.3 Å². The van der Waals surface area contributed by atoms with Crippen LogP contribution in [0.4, 0.5) is 0 Å². The molecule has 1 N–H and O–H groups in total. The first-order valence-corrected chi connectivity index (χ1v) is 5.90. The third kappa shape index (κ3) is 2.60. The van der Waals surface area contributed by atoms with Gasteiger partial charge in [-0.3, -0.25) is 0 Å². The minimum Gasteiger partial charge on any atom is -0.495 e. The predicted molar refractivity (Wildman–Crippen MR) is 70.9 cm³/mol. The Bertz CT molecular complexity index is 519. The normalized spacial score (nSPS) is 12.2.